The molecule has 0 saturated heterocycles. The first-order valence-corrected chi connectivity index (χ1v) is 8.17. The van der Waals surface area contributed by atoms with Gasteiger partial charge in [-0.05, 0) is 32.1 Å². The monoisotopic (exact) mass is 334 g/mol. The number of hydrogen-bond donors (Lipinski definition) is 3. The van der Waals surface area contributed by atoms with E-state index in [2.05, 4.69) is 0 Å². The molecule has 0 aromatic rings. The topological polar surface area (TPSA) is 113 Å². The van der Waals surface area contributed by atoms with Crippen LogP contribution in [0.1, 0.15) is 51.9 Å². The summed E-state index contributed by atoms with van der Waals surface area (Å²) in [6, 6.07) is 0. The Morgan fingerprint density at radius 3 is 1.57 bits per heavy atom. The Kier molecular flexibility index (Phi) is 12.6. The van der Waals surface area contributed by atoms with E-state index in [4.69, 9.17) is 19.7 Å². The molecule has 3 N–H and O–H groups in total. The van der Waals surface area contributed by atoms with Crippen LogP contribution in [0.2, 0.25) is 0 Å². The SMILES string of the molecule is CCC(CO)(COC(=O)CCCCO)COC(=O)CCCCO. The molecule has 0 aliphatic carbocycles. The summed E-state index contributed by atoms with van der Waals surface area (Å²) < 4.78 is 10.3. The van der Waals surface area contributed by atoms with E-state index in [9.17, 15) is 14.7 Å². The van der Waals surface area contributed by atoms with Crippen molar-refractivity contribution in [1.82, 2.24) is 0 Å². The molecular formula is C16H30O7. The normalized spacial score (nSPS) is 11.3. The van der Waals surface area contributed by atoms with E-state index in [1.54, 1.807) is 0 Å². The van der Waals surface area contributed by atoms with Crippen molar-refractivity contribution in [2.75, 3.05) is 33.0 Å². The van der Waals surface area contributed by atoms with E-state index in [1.165, 1.54) is 0 Å². The molecule has 0 aliphatic heterocycles. The Morgan fingerprint density at radius 2 is 1.26 bits per heavy atom. The second-order valence-corrected chi connectivity index (χ2v) is 5.69. The van der Waals surface area contributed by atoms with Gasteiger partial charge in [0, 0.05) is 26.1 Å². The fourth-order valence-corrected chi connectivity index (χ4v) is 1.82. The molecule has 0 aromatic carbocycles. The minimum Gasteiger partial charge on any atom is -0.465 e. The number of esters is 2. The Balaban J connectivity index is 4.23. The van der Waals surface area contributed by atoms with Crippen molar-refractivity contribution in [2.24, 2.45) is 5.41 Å². The van der Waals surface area contributed by atoms with Gasteiger partial charge in [-0.25, -0.2) is 0 Å². The maximum atomic E-state index is 11.6. The number of ether oxygens (including phenoxy) is 2. The minimum atomic E-state index is -0.792. The zero-order valence-corrected chi connectivity index (χ0v) is 14.0. The number of rotatable bonds is 14. The second kappa shape index (κ2) is 13.3. The van der Waals surface area contributed by atoms with Crippen molar-refractivity contribution in [3.8, 4) is 0 Å². The zero-order chi connectivity index (χ0) is 17.6. The third-order valence-electron chi connectivity index (χ3n) is 3.74. The second-order valence-electron chi connectivity index (χ2n) is 5.69. The van der Waals surface area contributed by atoms with Crippen molar-refractivity contribution < 1.29 is 34.4 Å². The lowest BCUT2D eigenvalue weighted by Gasteiger charge is -2.29. The van der Waals surface area contributed by atoms with Crippen LogP contribution in [0.3, 0.4) is 0 Å². The zero-order valence-electron chi connectivity index (χ0n) is 14.0. The van der Waals surface area contributed by atoms with Gasteiger partial charge in [0.05, 0.1) is 12.0 Å². The van der Waals surface area contributed by atoms with Crippen LogP contribution in [-0.2, 0) is 19.1 Å². The third kappa shape index (κ3) is 10.3. The first kappa shape index (κ1) is 21.8. The highest BCUT2D eigenvalue weighted by Gasteiger charge is 2.31. The van der Waals surface area contributed by atoms with Crippen LogP contribution in [0.5, 0.6) is 0 Å². The Labute approximate surface area is 137 Å². The smallest absolute Gasteiger partial charge is 0.305 e. The van der Waals surface area contributed by atoms with Gasteiger partial charge in [0.15, 0.2) is 0 Å². The van der Waals surface area contributed by atoms with Gasteiger partial charge < -0.3 is 24.8 Å². The van der Waals surface area contributed by atoms with Gasteiger partial charge in [0.2, 0.25) is 0 Å². The van der Waals surface area contributed by atoms with Gasteiger partial charge >= 0.3 is 11.9 Å². The summed E-state index contributed by atoms with van der Waals surface area (Å²) in [6.45, 7) is 1.63. The van der Waals surface area contributed by atoms with E-state index in [1.807, 2.05) is 6.92 Å². The first-order valence-electron chi connectivity index (χ1n) is 8.17. The molecular weight excluding hydrogens is 304 g/mol. The Hall–Kier alpha value is -1.18. The van der Waals surface area contributed by atoms with Crippen LogP contribution in [-0.4, -0.2) is 60.3 Å². The number of aliphatic hydroxyl groups excluding tert-OH is 3. The highest BCUT2D eigenvalue weighted by atomic mass is 16.5. The van der Waals surface area contributed by atoms with E-state index in [0.717, 1.165) is 0 Å². The summed E-state index contributed by atoms with van der Waals surface area (Å²) in [5, 5.41) is 26.9. The number of carbonyl (C=O) groups is 2. The number of aliphatic hydroxyl groups is 3. The molecule has 0 aromatic heterocycles. The van der Waals surface area contributed by atoms with Crippen molar-refractivity contribution >= 4 is 11.9 Å². The molecule has 23 heavy (non-hydrogen) atoms. The molecule has 7 nitrogen and oxygen atoms in total. The number of carbonyl (C=O) groups excluding carboxylic acids is 2. The van der Waals surface area contributed by atoms with Crippen molar-refractivity contribution in [1.29, 1.82) is 0 Å². The van der Waals surface area contributed by atoms with Crippen LogP contribution < -0.4 is 0 Å². The molecule has 136 valence electrons. The molecule has 0 radical (unpaired) electrons. The van der Waals surface area contributed by atoms with Crippen molar-refractivity contribution in [3.63, 3.8) is 0 Å². The van der Waals surface area contributed by atoms with Crippen LogP contribution in [0.15, 0.2) is 0 Å². The van der Waals surface area contributed by atoms with E-state index >= 15 is 0 Å². The van der Waals surface area contributed by atoms with Crippen LogP contribution in [0, 0.1) is 5.41 Å². The van der Waals surface area contributed by atoms with Crippen LogP contribution >= 0.6 is 0 Å². The summed E-state index contributed by atoms with van der Waals surface area (Å²) in [4.78, 5) is 23.2. The largest absolute Gasteiger partial charge is 0.465 e. The lowest BCUT2D eigenvalue weighted by Crippen LogP contribution is -2.37. The van der Waals surface area contributed by atoms with Gasteiger partial charge in [-0.3, -0.25) is 9.59 Å². The molecule has 0 saturated carbocycles. The first-order chi connectivity index (χ1) is 11.0. The maximum absolute atomic E-state index is 11.6. The van der Waals surface area contributed by atoms with Gasteiger partial charge in [0.1, 0.15) is 13.2 Å². The molecule has 0 fully saturated rings. The predicted octanol–water partition coefficient (Wildman–Crippen LogP) is 0.787. The van der Waals surface area contributed by atoms with Gasteiger partial charge in [0.25, 0.3) is 0 Å². The van der Waals surface area contributed by atoms with Crippen LogP contribution in [0.4, 0.5) is 0 Å². The molecule has 7 heteroatoms. The summed E-state index contributed by atoms with van der Waals surface area (Å²) in [5.74, 6) is -0.780. The average molecular weight is 334 g/mol. The molecule has 0 unspecified atom stereocenters. The molecule has 0 rings (SSSR count). The molecule has 0 aliphatic rings. The van der Waals surface area contributed by atoms with E-state index in [-0.39, 0.29) is 57.8 Å². The Bertz CT molecular complexity index is 298. The highest BCUT2D eigenvalue weighted by Crippen LogP contribution is 2.23. The Morgan fingerprint density at radius 1 is 0.826 bits per heavy atom. The lowest BCUT2D eigenvalue weighted by atomic mass is 9.88. The van der Waals surface area contributed by atoms with Gasteiger partial charge in [-0.1, -0.05) is 6.92 Å². The standard InChI is InChI=1S/C16H30O7/c1-2-16(11-19,12-22-14(20)7-3-5-9-17)13-23-15(21)8-4-6-10-18/h17-19H,2-13H2,1H3. The summed E-state index contributed by atoms with van der Waals surface area (Å²) in [7, 11) is 0. The molecule has 0 atom stereocenters. The average Bonchev–Trinajstić information content (AvgIpc) is 2.56. The highest BCUT2D eigenvalue weighted by molar-refractivity contribution is 5.69. The quantitative estimate of drug-likeness (QED) is 0.318. The fourth-order valence-electron chi connectivity index (χ4n) is 1.82. The van der Waals surface area contributed by atoms with Crippen LogP contribution in [0.25, 0.3) is 0 Å². The lowest BCUT2D eigenvalue weighted by molar-refractivity contribution is -0.156. The summed E-state index contributed by atoms with van der Waals surface area (Å²) in [6.07, 6.45) is 3.11. The molecule has 0 amide bonds. The fraction of sp³-hybridized carbons (Fsp3) is 0.875. The molecule has 0 heterocycles. The van der Waals surface area contributed by atoms with Crippen molar-refractivity contribution in [3.05, 3.63) is 0 Å². The minimum absolute atomic E-state index is 0.0120. The van der Waals surface area contributed by atoms with E-state index in [0.29, 0.717) is 32.1 Å². The van der Waals surface area contributed by atoms with Crippen molar-refractivity contribution in [2.45, 2.75) is 51.9 Å². The molecule has 0 bridgehead atoms. The summed E-state index contributed by atoms with van der Waals surface area (Å²) in [5.41, 5.74) is -0.792. The molecule has 0 spiro atoms. The number of unbranched alkanes of at least 4 members (excludes halogenated alkanes) is 2. The predicted molar refractivity (Wildman–Crippen MR) is 83.6 cm³/mol. The maximum Gasteiger partial charge on any atom is 0.305 e. The van der Waals surface area contributed by atoms with Gasteiger partial charge in [-0.2, -0.15) is 0 Å². The summed E-state index contributed by atoms with van der Waals surface area (Å²) >= 11 is 0. The third-order valence-corrected chi connectivity index (χ3v) is 3.74. The van der Waals surface area contributed by atoms with Gasteiger partial charge in [-0.15, -0.1) is 0 Å². The number of hydrogen-bond acceptors (Lipinski definition) is 7. The van der Waals surface area contributed by atoms with E-state index < -0.39 is 5.41 Å².